The van der Waals surface area contributed by atoms with E-state index in [9.17, 15) is 9.59 Å². The molecule has 1 N–H and O–H groups in total. The highest BCUT2D eigenvalue weighted by Gasteiger charge is 2.06. The lowest BCUT2D eigenvalue weighted by molar-refractivity contribution is 1.03. The molecule has 0 aliphatic heterocycles. The van der Waals surface area contributed by atoms with Crippen LogP contribution in [-0.2, 0) is 0 Å². The minimum atomic E-state index is -0.657. The van der Waals surface area contributed by atoms with Gasteiger partial charge in [-0.05, 0) is 12.2 Å². The van der Waals surface area contributed by atoms with Gasteiger partial charge in [-0.25, -0.2) is 2.78 Å². The first-order valence-electron chi connectivity index (χ1n) is 4.09. The van der Waals surface area contributed by atoms with Crippen molar-refractivity contribution in [2.24, 2.45) is 0 Å². The number of nitrogens with one attached hydrogen (secondary N) is 1. The van der Waals surface area contributed by atoms with E-state index in [0.29, 0.717) is 11.4 Å². The first-order valence-corrected chi connectivity index (χ1v) is 5.05. The second-order valence-corrected chi connectivity index (χ2v) is 3.60. The van der Waals surface area contributed by atoms with Gasteiger partial charge in [0.25, 0.3) is 0 Å². The Morgan fingerprint density at radius 1 is 1.33 bits per heavy atom. The number of H-pyrrole nitrogens is 1. The third-order valence-corrected chi connectivity index (χ3v) is 2.66. The van der Waals surface area contributed by atoms with Crippen molar-refractivity contribution in [3.05, 3.63) is 57.4 Å². The fourth-order valence-electron chi connectivity index (χ4n) is 1.01. The van der Waals surface area contributed by atoms with Crippen LogP contribution in [0, 0.1) is 0 Å². The normalized spacial score (nSPS) is 10.5. The van der Waals surface area contributed by atoms with Crippen molar-refractivity contribution < 1.29 is 0 Å². The fraction of sp³-hybridized carbons (Fsp3) is 0. The predicted molar refractivity (Wildman–Crippen MR) is 70.1 cm³/mol. The Balaban J connectivity index is 3.61. The lowest BCUT2D eigenvalue weighted by Crippen LogP contribution is -2.34. The topological polar surface area (TPSA) is 54.9 Å². The van der Waals surface area contributed by atoms with E-state index in [4.69, 9.17) is 0 Å². The number of hydrogen-bond donors (Lipinski definition) is 1. The van der Waals surface area contributed by atoms with Gasteiger partial charge < -0.3 is 4.98 Å². The SMILES string of the molecule is C=C/C=C\c1c(C=C)[nH]c(=O)c(=O)n1I. The van der Waals surface area contributed by atoms with Crippen LogP contribution in [0.3, 0.4) is 0 Å². The number of aromatic amines is 1. The van der Waals surface area contributed by atoms with Gasteiger partial charge in [-0.3, -0.25) is 9.59 Å². The third kappa shape index (κ3) is 2.35. The lowest BCUT2D eigenvalue weighted by Gasteiger charge is -2.04. The molecular formula is C10H9IN2O2. The minimum absolute atomic E-state index is 0.507. The molecule has 4 nitrogen and oxygen atoms in total. The molecule has 0 radical (unpaired) electrons. The predicted octanol–water partition coefficient (Wildman–Crippen LogP) is 1.58. The van der Waals surface area contributed by atoms with E-state index in [-0.39, 0.29) is 0 Å². The molecule has 15 heavy (non-hydrogen) atoms. The molecule has 0 amide bonds. The molecule has 1 aromatic rings. The maximum Gasteiger partial charge on any atom is 0.325 e. The van der Waals surface area contributed by atoms with E-state index in [0.717, 1.165) is 0 Å². The van der Waals surface area contributed by atoms with E-state index >= 15 is 0 Å². The van der Waals surface area contributed by atoms with Gasteiger partial charge in [-0.15, -0.1) is 0 Å². The molecule has 0 spiro atoms. The largest absolute Gasteiger partial charge is 0.325 e. The van der Waals surface area contributed by atoms with Gasteiger partial charge in [-0.1, -0.05) is 25.3 Å². The maximum atomic E-state index is 11.3. The van der Waals surface area contributed by atoms with Crippen LogP contribution in [0.15, 0.2) is 34.9 Å². The molecule has 0 aliphatic rings. The number of rotatable bonds is 3. The molecule has 0 saturated heterocycles. The molecule has 0 atom stereocenters. The zero-order chi connectivity index (χ0) is 11.4. The zero-order valence-electron chi connectivity index (χ0n) is 7.87. The van der Waals surface area contributed by atoms with Crippen molar-refractivity contribution >= 4 is 35.0 Å². The Morgan fingerprint density at radius 3 is 2.53 bits per heavy atom. The number of halogens is 1. The van der Waals surface area contributed by atoms with Gasteiger partial charge in [0.2, 0.25) is 0 Å². The van der Waals surface area contributed by atoms with E-state index in [1.807, 2.05) is 0 Å². The molecule has 0 bridgehead atoms. The quantitative estimate of drug-likeness (QED) is 0.523. The summed E-state index contributed by atoms with van der Waals surface area (Å²) in [6.45, 7) is 7.09. The Labute approximate surface area is 100 Å². The molecule has 0 saturated carbocycles. The standard InChI is InChI=1S/C10H9IN2O2/c1-3-5-6-8-7(4-2)12-9(14)10(15)13(8)11/h3-6H,1-2H2,(H,12,14)/b6-5-. The molecule has 78 valence electrons. The summed E-state index contributed by atoms with van der Waals surface area (Å²) in [5, 5.41) is 0. The summed E-state index contributed by atoms with van der Waals surface area (Å²) in [5.41, 5.74) is -0.179. The average Bonchev–Trinajstić information content (AvgIpc) is 2.24. The Bertz CT molecular complexity index is 537. The number of aromatic nitrogens is 2. The number of nitrogens with zero attached hydrogens (tertiary/aromatic N) is 1. The maximum absolute atomic E-state index is 11.3. The molecule has 0 fully saturated rings. The van der Waals surface area contributed by atoms with Crippen molar-refractivity contribution in [2.45, 2.75) is 0 Å². The molecule has 0 unspecified atom stereocenters. The second-order valence-electron chi connectivity index (χ2n) is 2.64. The molecule has 1 heterocycles. The Hall–Kier alpha value is -1.37. The van der Waals surface area contributed by atoms with E-state index in [2.05, 4.69) is 18.1 Å². The second kappa shape index (κ2) is 4.92. The summed E-state index contributed by atoms with van der Waals surface area (Å²) >= 11 is 1.77. The van der Waals surface area contributed by atoms with Gasteiger partial charge in [0, 0.05) is 0 Å². The summed E-state index contributed by atoms with van der Waals surface area (Å²) in [7, 11) is 0. The van der Waals surface area contributed by atoms with Crippen LogP contribution < -0.4 is 11.1 Å². The third-order valence-electron chi connectivity index (χ3n) is 1.70. The summed E-state index contributed by atoms with van der Waals surface area (Å²) in [6.07, 6.45) is 6.42. The molecule has 5 heteroatoms. The van der Waals surface area contributed by atoms with Crippen molar-refractivity contribution in [1.29, 1.82) is 0 Å². The Kier molecular flexibility index (Phi) is 3.84. The van der Waals surface area contributed by atoms with Crippen LogP contribution in [0.1, 0.15) is 11.4 Å². The summed E-state index contributed by atoms with van der Waals surface area (Å²) in [4.78, 5) is 24.9. The van der Waals surface area contributed by atoms with Crippen molar-refractivity contribution in [2.75, 3.05) is 0 Å². The van der Waals surface area contributed by atoms with Gasteiger partial charge in [0.15, 0.2) is 0 Å². The minimum Gasteiger partial charge on any atom is -0.316 e. The van der Waals surface area contributed by atoms with Gasteiger partial charge in [-0.2, -0.15) is 0 Å². The van der Waals surface area contributed by atoms with Crippen molar-refractivity contribution in [1.82, 2.24) is 7.76 Å². The van der Waals surface area contributed by atoms with Gasteiger partial charge in [0.1, 0.15) is 0 Å². The summed E-state index contributed by atoms with van der Waals surface area (Å²) < 4.78 is 1.24. The van der Waals surface area contributed by atoms with Crippen molar-refractivity contribution in [3.8, 4) is 0 Å². The van der Waals surface area contributed by atoms with E-state index < -0.39 is 11.1 Å². The highest BCUT2D eigenvalue weighted by atomic mass is 127. The summed E-state index contributed by atoms with van der Waals surface area (Å²) in [6, 6.07) is 0. The Morgan fingerprint density at radius 2 is 2.00 bits per heavy atom. The highest BCUT2D eigenvalue weighted by molar-refractivity contribution is 14.1. The van der Waals surface area contributed by atoms with Gasteiger partial charge in [0.05, 0.1) is 34.3 Å². The average molecular weight is 316 g/mol. The smallest absolute Gasteiger partial charge is 0.316 e. The van der Waals surface area contributed by atoms with Gasteiger partial charge >= 0.3 is 11.1 Å². The van der Waals surface area contributed by atoms with Crippen LogP contribution in [0.4, 0.5) is 0 Å². The first kappa shape index (κ1) is 11.7. The van der Waals surface area contributed by atoms with Crippen LogP contribution >= 0.6 is 22.9 Å². The molecule has 0 aliphatic carbocycles. The van der Waals surface area contributed by atoms with Crippen LogP contribution in [0.25, 0.3) is 12.2 Å². The first-order chi connectivity index (χ1) is 7.11. The number of hydrogen-bond acceptors (Lipinski definition) is 2. The van der Waals surface area contributed by atoms with Crippen molar-refractivity contribution in [3.63, 3.8) is 0 Å². The molecular weight excluding hydrogens is 307 g/mol. The van der Waals surface area contributed by atoms with E-state index in [1.165, 1.54) is 8.86 Å². The highest BCUT2D eigenvalue weighted by Crippen LogP contribution is 2.08. The van der Waals surface area contributed by atoms with Crippen LogP contribution in [0.2, 0.25) is 0 Å². The fourth-order valence-corrected chi connectivity index (χ4v) is 1.65. The lowest BCUT2D eigenvalue weighted by atomic mass is 10.2. The zero-order valence-corrected chi connectivity index (χ0v) is 10.0. The molecule has 1 rings (SSSR count). The molecule has 1 aromatic heterocycles. The number of allylic oxidation sites excluding steroid dienone is 2. The van der Waals surface area contributed by atoms with Crippen LogP contribution in [-0.4, -0.2) is 7.76 Å². The molecule has 0 aromatic carbocycles. The summed E-state index contributed by atoms with van der Waals surface area (Å²) in [5.74, 6) is 0. The van der Waals surface area contributed by atoms with Crippen LogP contribution in [0.5, 0.6) is 0 Å². The van der Waals surface area contributed by atoms with E-state index in [1.54, 1.807) is 41.1 Å². The monoisotopic (exact) mass is 316 g/mol.